The van der Waals surface area contributed by atoms with Gasteiger partial charge in [-0.1, -0.05) is 23.7 Å². The largest absolute Gasteiger partial charge is 0.462 e. The number of pyridine rings is 1. The topological polar surface area (TPSA) is 71.5 Å². The number of amides is 1. The van der Waals surface area contributed by atoms with Crippen molar-refractivity contribution in [3.8, 4) is 11.1 Å². The number of halogens is 3. The minimum absolute atomic E-state index is 0.0395. The van der Waals surface area contributed by atoms with E-state index in [0.29, 0.717) is 22.6 Å². The molecule has 9 heteroatoms. The molecule has 32 heavy (non-hydrogen) atoms. The Bertz CT molecular complexity index is 1200. The van der Waals surface area contributed by atoms with E-state index >= 15 is 0 Å². The summed E-state index contributed by atoms with van der Waals surface area (Å²) in [7, 11) is 0. The third-order valence-electron chi connectivity index (χ3n) is 5.05. The second-order valence-electron chi connectivity index (χ2n) is 7.04. The summed E-state index contributed by atoms with van der Waals surface area (Å²) < 4.78 is 33.2. The molecule has 4 rings (SSSR count). The van der Waals surface area contributed by atoms with E-state index < -0.39 is 17.6 Å². The van der Waals surface area contributed by atoms with Crippen LogP contribution < -0.4 is 10.2 Å². The smallest absolute Gasteiger partial charge is 0.338 e. The van der Waals surface area contributed by atoms with Crippen molar-refractivity contribution in [1.82, 2.24) is 4.98 Å². The zero-order chi connectivity index (χ0) is 22.8. The van der Waals surface area contributed by atoms with Gasteiger partial charge in [0.1, 0.15) is 11.6 Å². The Balaban J connectivity index is 1.69. The average molecular weight is 458 g/mol. The Labute approximate surface area is 187 Å². The molecule has 2 heterocycles. The summed E-state index contributed by atoms with van der Waals surface area (Å²) in [6, 6.07) is 10.4. The first-order valence-corrected chi connectivity index (χ1v) is 10.2. The van der Waals surface area contributed by atoms with Crippen molar-refractivity contribution < 1.29 is 23.1 Å². The van der Waals surface area contributed by atoms with Crippen molar-refractivity contribution in [3.05, 3.63) is 76.4 Å². The number of esters is 1. The predicted molar refractivity (Wildman–Crippen MR) is 117 cm³/mol. The van der Waals surface area contributed by atoms with E-state index in [1.807, 2.05) is 0 Å². The first kappa shape index (κ1) is 21.7. The van der Waals surface area contributed by atoms with Crippen molar-refractivity contribution in [2.24, 2.45) is 0 Å². The van der Waals surface area contributed by atoms with E-state index in [2.05, 4.69) is 10.3 Å². The lowest BCUT2D eigenvalue weighted by Crippen LogP contribution is -2.40. The highest BCUT2D eigenvalue weighted by atomic mass is 35.5. The Kier molecular flexibility index (Phi) is 6.05. The molecule has 0 saturated heterocycles. The number of fused-ring (bicyclic) bond motifs is 1. The summed E-state index contributed by atoms with van der Waals surface area (Å²) in [5, 5.41) is 2.56. The maximum Gasteiger partial charge on any atom is 0.338 e. The second-order valence-corrected chi connectivity index (χ2v) is 7.42. The van der Waals surface area contributed by atoms with Gasteiger partial charge in [-0.15, -0.1) is 0 Å². The van der Waals surface area contributed by atoms with Crippen LogP contribution >= 0.6 is 11.6 Å². The molecule has 0 radical (unpaired) electrons. The summed E-state index contributed by atoms with van der Waals surface area (Å²) in [6.45, 7) is 1.72. The van der Waals surface area contributed by atoms with Gasteiger partial charge in [0, 0.05) is 17.3 Å². The van der Waals surface area contributed by atoms with Gasteiger partial charge in [0.05, 0.1) is 36.0 Å². The summed E-state index contributed by atoms with van der Waals surface area (Å²) in [6.07, 6.45) is 1.62. The van der Waals surface area contributed by atoms with Crippen LogP contribution in [0, 0.1) is 11.6 Å². The SMILES string of the molecule is CCOC(=O)c1ccc(-c2cnc3c(c2)N(Cc2c(F)ccc(F)c2Cl)C(=O)CN3)cc1. The number of hydrogen-bond donors (Lipinski definition) is 1. The molecule has 1 aliphatic heterocycles. The lowest BCUT2D eigenvalue weighted by molar-refractivity contribution is -0.117. The molecule has 0 aliphatic carbocycles. The molecule has 3 aromatic rings. The highest BCUT2D eigenvalue weighted by Gasteiger charge is 2.28. The number of ether oxygens (including phenoxy) is 1. The molecule has 0 saturated carbocycles. The predicted octanol–water partition coefficient (Wildman–Crippen LogP) is 4.82. The van der Waals surface area contributed by atoms with Crippen LogP contribution in [0.3, 0.4) is 0 Å². The first-order chi connectivity index (χ1) is 15.4. The Hall–Kier alpha value is -3.52. The van der Waals surface area contributed by atoms with Gasteiger partial charge < -0.3 is 15.0 Å². The molecule has 1 N–H and O–H groups in total. The van der Waals surface area contributed by atoms with Crippen molar-refractivity contribution in [2.45, 2.75) is 13.5 Å². The van der Waals surface area contributed by atoms with Gasteiger partial charge in [0.25, 0.3) is 0 Å². The van der Waals surface area contributed by atoms with Crippen LogP contribution in [-0.2, 0) is 16.1 Å². The Morgan fingerprint density at radius 2 is 1.88 bits per heavy atom. The highest BCUT2D eigenvalue weighted by molar-refractivity contribution is 6.31. The van der Waals surface area contributed by atoms with Gasteiger partial charge >= 0.3 is 5.97 Å². The number of carbonyl (C=O) groups is 2. The van der Waals surface area contributed by atoms with Gasteiger partial charge in [-0.05, 0) is 42.8 Å². The van der Waals surface area contributed by atoms with Crippen molar-refractivity contribution in [3.63, 3.8) is 0 Å². The first-order valence-electron chi connectivity index (χ1n) is 9.83. The van der Waals surface area contributed by atoms with Gasteiger partial charge in [-0.2, -0.15) is 0 Å². The number of benzene rings is 2. The standard InChI is InChI=1S/C23H18ClF2N3O3/c1-2-32-23(31)14-5-3-13(4-6-14)15-9-19-22(27-10-15)28-11-20(30)29(19)12-16-17(25)7-8-18(26)21(16)24/h3-10H,2,11-12H2,1H3,(H,27,28). The minimum atomic E-state index is -0.764. The molecule has 0 unspecified atom stereocenters. The normalized spacial score (nSPS) is 12.9. The third-order valence-corrected chi connectivity index (χ3v) is 5.46. The summed E-state index contributed by atoms with van der Waals surface area (Å²) in [5.74, 6) is -1.79. The number of rotatable bonds is 5. The molecule has 0 spiro atoms. The van der Waals surface area contributed by atoms with Crippen LogP contribution in [0.15, 0.2) is 48.7 Å². The molecule has 1 aromatic heterocycles. The van der Waals surface area contributed by atoms with Gasteiger partial charge in [0.15, 0.2) is 5.82 Å². The molecule has 0 atom stereocenters. The molecule has 1 aliphatic rings. The van der Waals surface area contributed by atoms with E-state index in [9.17, 15) is 18.4 Å². The average Bonchev–Trinajstić information content (AvgIpc) is 2.80. The zero-order valence-corrected chi connectivity index (χ0v) is 17.7. The van der Waals surface area contributed by atoms with Crippen LogP contribution in [0.25, 0.3) is 11.1 Å². The molecule has 2 aromatic carbocycles. The second kappa shape index (κ2) is 8.92. The van der Waals surface area contributed by atoms with Crippen molar-refractivity contribution in [2.75, 3.05) is 23.4 Å². The maximum atomic E-state index is 14.3. The molecule has 0 bridgehead atoms. The molecule has 1 amide bonds. The zero-order valence-electron chi connectivity index (χ0n) is 17.0. The van der Waals surface area contributed by atoms with Crippen LogP contribution in [0.5, 0.6) is 0 Å². The van der Waals surface area contributed by atoms with E-state index in [1.165, 1.54) is 4.90 Å². The van der Waals surface area contributed by atoms with Gasteiger partial charge in [-0.25, -0.2) is 18.6 Å². The van der Waals surface area contributed by atoms with Crippen molar-refractivity contribution in [1.29, 1.82) is 0 Å². The van der Waals surface area contributed by atoms with Gasteiger partial charge in [0.2, 0.25) is 5.91 Å². The summed E-state index contributed by atoms with van der Waals surface area (Å²) in [4.78, 5) is 30.2. The number of aromatic nitrogens is 1. The summed E-state index contributed by atoms with van der Waals surface area (Å²) in [5.41, 5.74) is 2.13. The van der Waals surface area contributed by atoms with Crippen LogP contribution in [0.2, 0.25) is 5.02 Å². The monoisotopic (exact) mass is 457 g/mol. The fourth-order valence-corrected chi connectivity index (χ4v) is 3.61. The highest BCUT2D eigenvalue weighted by Crippen LogP contribution is 2.35. The maximum absolute atomic E-state index is 14.3. The number of hydrogen-bond acceptors (Lipinski definition) is 5. The lowest BCUT2D eigenvalue weighted by atomic mass is 10.0. The molecule has 6 nitrogen and oxygen atoms in total. The van der Waals surface area contributed by atoms with Crippen LogP contribution in [0.4, 0.5) is 20.3 Å². The van der Waals surface area contributed by atoms with E-state index in [1.54, 1.807) is 43.5 Å². The summed E-state index contributed by atoms with van der Waals surface area (Å²) >= 11 is 5.96. The van der Waals surface area contributed by atoms with Crippen LogP contribution in [-0.4, -0.2) is 30.0 Å². The van der Waals surface area contributed by atoms with Gasteiger partial charge in [-0.3, -0.25) is 4.79 Å². The van der Waals surface area contributed by atoms with E-state index in [-0.39, 0.29) is 36.2 Å². The number of anilines is 2. The van der Waals surface area contributed by atoms with Crippen LogP contribution in [0.1, 0.15) is 22.8 Å². The molecular weight excluding hydrogens is 440 g/mol. The fraction of sp³-hybridized carbons (Fsp3) is 0.174. The van der Waals surface area contributed by atoms with E-state index in [0.717, 1.165) is 17.7 Å². The number of carbonyl (C=O) groups excluding carboxylic acids is 2. The molecule has 164 valence electrons. The molecule has 0 fully saturated rings. The number of nitrogens with one attached hydrogen (secondary N) is 1. The minimum Gasteiger partial charge on any atom is -0.462 e. The Morgan fingerprint density at radius 3 is 2.59 bits per heavy atom. The third kappa shape index (κ3) is 4.13. The van der Waals surface area contributed by atoms with Crippen molar-refractivity contribution >= 4 is 35.0 Å². The number of nitrogens with zero attached hydrogens (tertiary/aromatic N) is 2. The molecular formula is C23H18ClF2N3O3. The quantitative estimate of drug-likeness (QED) is 0.439. The fourth-order valence-electron chi connectivity index (χ4n) is 3.40. The Morgan fingerprint density at radius 1 is 1.16 bits per heavy atom. The lowest BCUT2D eigenvalue weighted by Gasteiger charge is -2.30. The van der Waals surface area contributed by atoms with E-state index in [4.69, 9.17) is 16.3 Å².